The molecule has 2 fully saturated rings. The number of nitrogens with one attached hydrogen (secondary N) is 2. The van der Waals surface area contributed by atoms with Crippen molar-refractivity contribution in [2.75, 3.05) is 13.1 Å². The van der Waals surface area contributed by atoms with Gasteiger partial charge in [0.25, 0.3) is 0 Å². The maximum atomic E-state index is 12.9. The van der Waals surface area contributed by atoms with Crippen LogP contribution in [0.1, 0.15) is 60.5 Å². The summed E-state index contributed by atoms with van der Waals surface area (Å²) < 4.78 is 11.2. The molecule has 6 aromatic rings. The fraction of sp³-hybridized carbons (Fsp3) is 0.238. The van der Waals surface area contributed by atoms with E-state index < -0.39 is 0 Å². The molecule has 0 spiro atoms. The van der Waals surface area contributed by atoms with Crippen molar-refractivity contribution in [2.45, 2.75) is 51.0 Å². The molecule has 2 atom stereocenters. The highest BCUT2D eigenvalue weighted by Gasteiger charge is 2.34. The fourth-order valence-corrected chi connectivity index (χ4v) is 7.13. The highest BCUT2D eigenvalue weighted by Crippen LogP contribution is 2.34. The predicted octanol–water partition coefficient (Wildman–Crippen LogP) is 9.08. The Morgan fingerprint density at radius 3 is 1.35 bits per heavy atom. The van der Waals surface area contributed by atoms with Gasteiger partial charge in [0.15, 0.2) is 0 Å². The molecule has 2 amide bonds. The second kappa shape index (κ2) is 15.0. The van der Waals surface area contributed by atoms with Crippen molar-refractivity contribution in [3.8, 4) is 33.6 Å². The molecule has 2 aromatic heterocycles. The monoisotopic (exact) mass is 692 g/mol. The highest BCUT2D eigenvalue weighted by molar-refractivity contribution is 5.72. The first-order chi connectivity index (χ1) is 25.6. The van der Waals surface area contributed by atoms with Crippen molar-refractivity contribution in [3.05, 3.63) is 144 Å². The van der Waals surface area contributed by atoms with Crippen LogP contribution in [-0.4, -0.2) is 55.0 Å². The maximum absolute atomic E-state index is 12.9. The van der Waals surface area contributed by atoms with Crippen molar-refractivity contribution in [2.24, 2.45) is 0 Å². The van der Waals surface area contributed by atoms with Crippen molar-refractivity contribution >= 4 is 12.2 Å². The Bertz CT molecular complexity index is 1960. The van der Waals surface area contributed by atoms with E-state index in [-0.39, 0.29) is 37.5 Å². The Hall–Kier alpha value is -6.16. The van der Waals surface area contributed by atoms with E-state index in [2.05, 4.69) is 68.5 Å². The molecule has 2 N–H and O–H groups in total. The van der Waals surface area contributed by atoms with E-state index in [0.29, 0.717) is 13.1 Å². The van der Waals surface area contributed by atoms with Crippen molar-refractivity contribution in [3.63, 3.8) is 0 Å². The molecule has 0 aliphatic carbocycles. The summed E-state index contributed by atoms with van der Waals surface area (Å²) in [6.07, 6.45) is 6.53. The van der Waals surface area contributed by atoms with E-state index in [9.17, 15) is 9.59 Å². The van der Waals surface area contributed by atoms with Crippen LogP contribution in [0.15, 0.2) is 122 Å². The number of hydrogen-bond donors (Lipinski definition) is 2. The highest BCUT2D eigenvalue weighted by atomic mass is 16.6. The molecular weight excluding hydrogens is 652 g/mol. The number of benzene rings is 4. The normalized spacial score (nSPS) is 17.0. The number of aromatic amines is 2. The summed E-state index contributed by atoms with van der Waals surface area (Å²) in [4.78, 5) is 45.7. The summed E-state index contributed by atoms with van der Waals surface area (Å²) in [5.74, 6) is 1.55. The number of likely N-dealkylation sites (tertiary alicyclic amines) is 2. The lowest BCUT2D eigenvalue weighted by Crippen LogP contribution is -2.31. The SMILES string of the molecule is O=C(OCc1ccccc1)N1CCC[C@H]1c1ncc(-c2ccc(-c3ccc(-c4cnc([C@@H]5CCCN5C(=O)OCc5ccccc5)[nH]4)cc3)cc2)[nH]1. The molecule has 262 valence electrons. The fourth-order valence-electron chi connectivity index (χ4n) is 7.13. The van der Waals surface area contributed by atoms with Gasteiger partial charge in [-0.2, -0.15) is 0 Å². The third-order valence-corrected chi connectivity index (χ3v) is 9.93. The summed E-state index contributed by atoms with van der Waals surface area (Å²) in [5.41, 5.74) is 7.97. The average Bonchev–Trinajstić information content (AvgIpc) is 4.04. The molecule has 8 rings (SSSR count). The quantitative estimate of drug-likeness (QED) is 0.156. The Morgan fingerprint density at radius 2 is 0.942 bits per heavy atom. The van der Waals surface area contributed by atoms with Gasteiger partial charge in [0.05, 0.1) is 35.9 Å². The van der Waals surface area contributed by atoms with E-state index >= 15 is 0 Å². The molecule has 2 aliphatic rings. The van der Waals surface area contributed by atoms with Gasteiger partial charge in [0.2, 0.25) is 0 Å². The largest absolute Gasteiger partial charge is 0.445 e. The Kier molecular flexibility index (Phi) is 9.51. The zero-order chi connectivity index (χ0) is 35.3. The minimum atomic E-state index is -0.315. The number of carbonyl (C=O) groups is 2. The first kappa shape index (κ1) is 33.0. The van der Waals surface area contributed by atoms with Gasteiger partial charge in [0, 0.05) is 13.1 Å². The van der Waals surface area contributed by atoms with E-state index in [1.165, 1.54) is 0 Å². The van der Waals surface area contributed by atoms with Crippen LogP contribution in [-0.2, 0) is 22.7 Å². The molecule has 2 saturated heterocycles. The lowest BCUT2D eigenvalue weighted by atomic mass is 10.0. The first-order valence-corrected chi connectivity index (χ1v) is 17.8. The molecule has 2 aliphatic heterocycles. The summed E-state index contributed by atoms with van der Waals surface area (Å²) in [6.45, 7) is 1.80. The van der Waals surface area contributed by atoms with Gasteiger partial charge in [-0.05, 0) is 59.1 Å². The number of carbonyl (C=O) groups excluding carboxylic acids is 2. The third-order valence-electron chi connectivity index (χ3n) is 9.93. The summed E-state index contributed by atoms with van der Waals surface area (Å²) in [5, 5.41) is 0. The van der Waals surface area contributed by atoms with E-state index in [4.69, 9.17) is 9.47 Å². The molecular formula is C42H40N6O4. The van der Waals surface area contributed by atoms with Crippen LogP contribution >= 0.6 is 0 Å². The molecule has 4 aromatic carbocycles. The molecule has 0 saturated carbocycles. The number of nitrogens with zero attached hydrogens (tertiary/aromatic N) is 4. The summed E-state index contributed by atoms with van der Waals surface area (Å²) >= 11 is 0. The number of rotatable bonds is 9. The number of ether oxygens (including phenoxy) is 2. The Morgan fingerprint density at radius 1 is 0.558 bits per heavy atom. The van der Waals surface area contributed by atoms with Gasteiger partial charge >= 0.3 is 12.2 Å². The van der Waals surface area contributed by atoms with Crippen LogP contribution in [0.3, 0.4) is 0 Å². The number of imidazole rings is 2. The van der Waals surface area contributed by atoms with Crippen LogP contribution in [0.5, 0.6) is 0 Å². The zero-order valence-electron chi connectivity index (χ0n) is 28.8. The topological polar surface area (TPSA) is 116 Å². The van der Waals surface area contributed by atoms with E-state index in [1.54, 1.807) is 9.80 Å². The van der Waals surface area contributed by atoms with Gasteiger partial charge in [-0.25, -0.2) is 19.6 Å². The lowest BCUT2D eigenvalue weighted by Gasteiger charge is -2.22. The van der Waals surface area contributed by atoms with E-state index in [0.717, 1.165) is 82.1 Å². The van der Waals surface area contributed by atoms with Crippen LogP contribution in [0.2, 0.25) is 0 Å². The molecule has 0 bridgehead atoms. The molecule has 0 radical (unpaired) electrons. The van der Waals surface area contributed by atoms with Crippen LogP contribution in [0, 0.1) is 0 Å². The van der Waals surface area contributed by atoms with Gasteiger partial charge < -0.3 is 19.4 Å². The lowest BCUT2D eigenvalue weighted by molar-refractivity contribution is 0.0903. The van der Waals surface area contributed by atoms with Crippen molar-refractivity contribution in [1.29, 1.82) is 0 Å². The predicted molar refractivity (Wildman–Crippen MR) is 198 cm³/mol. The van der Waals surface area contributed by atoms with Gasteiger partial charge in [-0.3, -0.25) is 9.80 Å². The molecule has 10 nitrogen and oxygen atoms in total. The third kappa shape index (κ3) is 7.18. The molecule has 0 unspecified atom stereocenters. The molecule has 10 heteroatoms. The Labute approximate surface area is 302 Å². The summed E-state index contributed by atoms with van der Waals surface area (Å²) in [7, 11) is 0. The minimum absolute atomic E-state index is 0.140. The standard InChI is InChI=1S/C42H40N6O4/c49-41(51-27-29-9-3-1-4-10-29)47-23-7-13-37(47)39-43-25-35(45-39)33-19-15-31(16-20-33)32-17-21-34(22-18-32)36-26-44-40(46-36)38-14-8-24-48(38)42(50)52-28-30-11-5-2-6-12-30/h1-6,9-12,15-22,25-26,37-38H,7-8,13-14,23-24,27-28H2,(H,43,45)(H,44,46)/t37-,38-/m0/s1. The number of hydrogen-bond acceptors (Lipinski definition) is 6. The number of aromatic nitrogens is 4. The van der Waals surface area contributed by atoms with Crippen LogP contribution < -0.4 is 0 Å². The van der Waals surface area contributed by atoms with E-state index in [1.807, 2.05) is 73.1 Å². The van der Waals surface area contributed by atoms with Gasteiger partial charge in [-0.15, -0.1) is 0 Å². The molecule has 4 heterocycles. The van der Waals surface area contributed by atoms with Gasteiger partial charge in [-0.1, -0.05) is 109 Å². The van der Waals surface area contributed by atoms with Crippen molar-refractivity contribution in [1.82, 2.24) is 29.7 Å². The number of H-pyrrole nitrogens is 2. The average molecular weight is 693 g/mol. The van der Waals surface area contributed by atoms with Crippen LogP contribution in [0.25, 0.3) is 33.6 Å². The first-order valence-electron chi connectivity index (χ1n) is 17.8. The molecule has 52 heavy (non-hydrogen) atoms. The number of amides is 2. The van der Waals surface area contributed by atoms with Crippen molar-refractivity contribution < 1.29 is 19.1 Å². The second-order valence-electron chi connectivity index (χ2n) is 13.3. The Balaban J connectivity index is 0.884. The summed E-state index contributed by atoms with van der Waals surface area (Å²) in [6, 6.07) is 35.9. The second-order valence-corrected chi connectivity index (χ2v) is 13.3. The van der Waals surface area contributed by atoms with Crippen LogP contribution in [0.4, 0.5) is 9.59 Å². The zero-order valence-corrected chi connectivity index (χ0v) is 28.8. The minimum Gasteiger partial charge on any atom is -0.445 e. The smallest absolute Gasteiger partial charge is 0.410 e. The maximum Gasteiger partial charge on any atom is 0.410 e. The van der Waals surface area contributed by atoms with Gasteiger partial charge in [0.1, 0.15) is 24.9 Å².